The van der Waals surface area contributed by atoms with Crippen LogP contribution in [0.2, 0.25) is 0 Å². The zero-order valence-corrected chi connectivity index (χ0v) is 12.7. The summed E-state index contributed by atoms with van der Waals surface area (Å²) < 4.78 is 4.94. The van der Waals surface area contributed by atoms with E-state index in [2.05, 4.69) is 10.3 Å². The molecule has 1 aromatic rings. The quantitative estimate of drug-likeness (QED) is 0.645. The van der Waals surface area contributed by atoms with Gasteiger partial charge in [-0.05, 0) is 25.7 Å². The van der Waals surface area contributed by atoms with Crippen molar-refractivity contribution in [1.29, 1.82) is 0 Å². The van der Waals surface area contributed by atoms with E-state index >= 15 is 0 Å². The number of aromatic nitrogens is 1. The summed E-state index contributed by atoms with van der Waals surface area (Å²) in [5.41, 5.74) is 0.137. The van der Waals surface area contributed by atoms with E-state index in [0.29, 0.717) is 15.9 Å². The van der Waals surface area contributed by atoms with E-state index in [-0.39, 0.29) is 18.1 Å². The smallest absolute Gasteiger partial charge is 0.358 e. The number of thiazole rings is 1. The predicted molar refractivity (Wildman–Crippen MR) is 78.5 cm³/mol. The molecular formula is C14H20N2O3S. The highest BCUT2D eigenvalue weighted by Gasteiger charge is 2.23. The highest BCUT2D eigenvalue weighted by molar-refractivity contribution is 7.17. The molecule has 6 heteroatoms. The summed E-state index contributed by atoms with van der Waals surface area (Å²) in [4.78, 5) is 28.0. The zero-order valence-electron chi connectivity index (χ0n) is 11.9. The lowest BCUT2D eigenvalue weighted by molar-refractivity contribution is 0.0517. The fourth-order valence-corrected chi connectivity index (χ4v) is 3.27. The lowest BCUT2D eigenvalue weighted by Gasteiger charge is -2.08. The van der Waals surface area contributed by atoms with Crippen molar-refractivity contribution in [1.82, 2.24) is 4.98 Å². The monoisotopic (exact) mass is 296 g/mol. The zero-order chi connectivity index (χ0) is 14.5. The summed E-state index contributed by atoms with van der Waals surface area (Å²) in [5.74, 6) is -0.00643. The molecule has 0 unspecified atom stereocenters. The fraction of sp³-hybridized carbons (Fsp3) is 0.643. The average molecular weight is 296 g/mol. The molecule has 1 N–H and O–H groups in total. The molecule has 0 bridgehead atoms. The van der Waals surface area contributed by atoms with Crippen LogP contribution in [0.3, 0.4) is 0 Å². The molecule has 1 aliphatic rings. The summed E-state index contributed by atoms with van der Waals surface area (Å²) in [5, 5.41) is 3.88. The number of hydrogen-bond acceptors (Lipinski definition) is 6. The lowest BCUT2D eigenvalue weighted by atomic mass is 10.1. The number of ether oxygens (including phenoxy) is 1. The molecule has 0 aromatic carbocycles. The molecule has 1 aromatic heterocycles. The van der Waals surface area contributed by atoms with Crippen molar-refractivity contribution in [2.45, 2.75) is 39.5 Å². The van der Waals surface area contributed by atoms with Crippen molar-refractivity contribution in [2.24, 2.45) is 5.92 Å². The Hall–Kier alpha value is -1.43. The fourth-order valence-electron chi connectivity index (χ4n) is 2.42. The summed E-state index contributed by atoms with van der Waals surface area (Å²) in [6, 6.07) is 0. The minimum absolute atomic E-state index is 0.137. The number of ketones is 1. The van der Waals surface area contributed by atoms with Crippen molar-refractivity contribution in [3.05, 3.63) is 10.6 Å². The van der Waals surface area contributed by atoms with Gasteiger partial charge in [-0.3, -0.25) is 4.79 Å². The molecular weight excluding hydrogens is 276 g/mol. The largest absolute Gasteiger partial charge is 0.461 e. The molecule has 0 amide bonds. The topological polar surface area (TPSA) is 68.3 Å². The molecule has 0 saturated heterocycles. The molecule has 1 saturated carbocycles. The van der Waals surface area contributed by atoms with E-state index in [4.69, 9.17) is 4.74 Å². The van der Waals surface area contributed by atoms with Crippen LogP contribution in [0, 0.1) is 5.92 Å². The van der Waals surface area contributed by atoms with Crippen molar-refractivity contribution in [3.8, 4) is 0 Å². The second-order valence-electron chi connectivity index (χ2n) is 5.00. The highest BCUT2D eigenvalue weighted by Crippen LogP contribution is 2.28. The Morgan fingerprint density at radius 2 is 2.10 bits per heavy atom. The van der Waals surface area contributed by atoms with Gasteiger partial charge in [0, 0.05) is 13.5 Å². The SMILES string of the molecule is CCOC(=O)c1nc(NCC2CCCC2)sc1C(C)=O. The Morgan fingerprint density at radius 3 is 2.70 bits per heavy atom. The van der Waals surface area contributed by atoms with Gasteiger partial charge in [-0.1, -0.05) is 24.2 Å². The average Bonchev–Trinajstić information content (AvgIpc) is 3.06. The van der Waals surface area contributed by atoms with Gasteiger partial charge in [0.15, 0.2) is 16.6 Å². The maximum Gasteiger partial charge on any atom is 0.358 e. The number of esters is 1. The predicted octanol–water partition coefficient (Wildman–Crippen LogP) is 3.12. The van der Waals surface area contributed by atoms with Gasteiger partial charge in [-0.25, -0.2) is 9.78 Å². The van der Waals surface area contributed by atoms with E-state index in [1.807, 2.05) is 0 Å². The molecule has 110 valence electrons. The third-order valence-corrected chi connectivity index (χ3v) is 4.55. The van der Waals surface area contributed by atoms with Gasteiger partial charge in [-0.2, -0.15) is 0 Å². The van der Waals surface area contributed by atoms with Gasteiger partial charge in [0.25, 0.3) is 0 Å². The molecule has 0 aliphatic heterocycles. The number of Topliss-reactive ketones (excluding diaryl/α,β-unsaturated/α-hetero) is 1. The van der Waals surface area contributed by atoms with Crippen molar-refractivity contribution in [3.63, 3.8) is 0 Å². The van der Waals surface area contributed by atoms with E-state index in [1.54, 1.807) is 6.92 Å². The number of nitrogens with zero attached hydrogens (tertiary/aromatic N) is 1. The van der Waals surface area contributed by atoms with Crippen LogP contribution in [0.1, 0.15) is 59.7 Å². The molecule has 20 heavy (non-hydrogen) atoms. The number of carbonyl (C=O) groups is 2. The van der Waals surface area contributed by atoms with Gasteiger partial charge in [0.2, 0.25) is 0 Å². The molecule has 1 fully saturated rings. The van der Waals surface area contributed by atoms with Crippen LogP contribution >= 0.6 is 11.3 Å². The van der Waals surface area contributed by atoms with Crippen LogP contribution in [0.5, 0.6) is 0 Å². The molecule has 5 nitrogen and oxygen atoms in total. The molecule has 1 aliphatic carbocycles. The van der Waals surface area contributed by atoms with Gasteiger partial charge in [0.1, 0.15) is 4.88 Å². The first-order valence-electron chi connectivity index (χ1n) is 7.04. The number of rotatable bonds is 6. The van der Waals surface area contributed by atoms with Crippen molar-refractivity contribution >= 4 is 28.2 Å². The van der Waals surface area contributed by atoms with Crippen LogP contribution < -0.4 is 5.32 Å². The van der Waals surface area contributed by atoms with Gasteiger partial charge in [0.05, 0.1) is 6.61 Å². The maximum atomic E-state index is 11.8. The molecule has 0 atom stereocenters. The van der Waals surface area contributed by atoms with Crippen LogP contribution in [-0.4, -0.2) is 29.9 Å². The summed E-state index contributed by atoms with van der Waals surface area (Å²) in [6.45, 7) is 4.31. The second-order valence-corrected chi connectivity index (χ2v) is 6.00. The third kappa shape index (κ3) is 3.56. The van der Waals surface area contributed by atoms with E-state index in [9.17, 15) is 9.59 Å². The number of anilines is 1. The first-order chi connectivity index (χ1) is 9.61. The second kappa shape index (κ2) is 6.83. The summed E-state index contributed by atoms with van der Waals surface area (Å²) in [6.07, 6.45) is 5.05. The van der Waals surface area contributed by atoms with Gasteiger partial charge in [-0.15, -0.1) is 0 Å². The minimum atomic E-state index is -0.525. The highest BCUT2D eigenvalue weighted by atomic mass is 32.1. The third-order valence-electron chi connectivity index (χ3n) is 3.43. The van der Waals surface area contributed by atoms with Crippen LogP contribution in [0.25, 0.3) is 0 Å². The Morgan fingerprint density at radius 1 is 1.40 bits per heavy atom. The van der Waals surface area contributed by atoms with Crippen molar-refractivity contribution < 1.29 is 14.3 Å². The van der Waals surface area contributed by atoms with Crippen molar-refractivity contribution in [2.75, 3.05) is 18.5 Å². The number of carbonyl (C=O) groups excluding carboxylic acids is 2. The van der Waals surface area contributed by atoms with E-state index in [1.165, 1.54) is 43.9 Å². The Kier molecular flexibility index (Phi) is 5.11. The summed E-state index contributed by atoms with van der Waals surface area (Å²) in [7, 11) is 0. The Balaban J connectivity index is 2.07. The molecule has 1 heterocycles. The van der Waals surface area contributed by atoms with Gasteiger partial charge >= 0.3 is 5.97 Å². The first kappa shape index (κ1) is 15.0. The first-order valence-corrected chi connectivity index (χ1v) is 7.86. The maximum absolute atomic E-state index is 11.8. The van der Waals surface area contributed by atoms with Crippen LogP contribution in [0.4, 0.5) is 5.13 Å². The van der Waals surface area contributed by atoms with E-state index < -0.39 is 5.97 Å². The lowest BCUT2D eigenvalue weighted by Crippen LogP contribution is -2.12. The Labute approximate surface area is 122 Å². The van der Waals surface area contributed by atoms with Crippen LogP contribution in [0.15, 0.2) is 0 Å². The molecule has 2 rings (SSSR count). The minimum Gasteiger partial charge on any atom is -0.461 e. The van der Waals surface area contributed by atoms with Gasteiger partial charge < -0.3 is 10.1 Å². The number of hydrogen-bond donors (Lipinski definition) is 1. The number of nitrogens with one attached hydrogen (secondary N) is 1. The standard InChI is InChI=1S/C14H20N2O3S/c1-3-19-13(18)11-12(9(2)17)20-14(16-11)15-8-10-6-4-5-7-10/h10H,3-8H2,1-2H3,(H,15,16). The van der Waals surface area contributed by atoms with E-state index in [0.717, 1.165) is 6.54 Å². The normalized spacial score (nSPS) is 15.3. The summed E-state index contributed by atoms with van der Waals surface area (Å²) >= 11 is 1.23. The van der Waals surface area contributed by atoms with Crippen LogP contribution in [-0.2, 0) is 4.74 Å². The Bertz CT molecular complexity index is 493. The molecule has 0 radical (unpaired) electrons. The molecule has 0 spiro atoms.